The van der Waals surface area contributed by atoms with E-state index >= 15 is 0 Å². The predicted octanol–water partition coefficient (Wildman–Crippen LogP) is 1.82. The van der Waals surface area contributed by atoms with Gasteiger partial charge in [-0.25, -0.2) is 4.98 Å². The molecule has 1 fully saturated rings. The molecule has 5 heteroatoms. The first-order chi connectivity index (χ1) is 7.72. The Morgan fingerprint density at radius 2 is 2.31 bits per heavy atom. The highest BCUT2D eigenvalue weighted by Crippen LogP contribution is 2.31. The molecule has 1 aliphatic heterocycles. The number of nitrogens with one attached hydrogen (secondary N) is 1. The molecule has 2 unspecified atom stereocenters. The maximum atomic E-state index is 5.65. The van der Waals surface area contributed by atoms with Crippen LogP contribution in [-0.2, 0) is 9.47 Å². The highest BCUT2D eigenvalue weighted by atomic mass is 32.1. The van der Waals surface area contributed by atoms with E-state index in [4.69, 9.17) is 9.47 Å². The van der Waals surface area contributed by atoms with Crippen LogP contribution in [0.15, 0.2) is 0 Å². The van der Waals surface area contributed by atoms with Gasteiger partial charge in [-0.1, -0.05) is 0 Å². The lowest BCUT2D eigenvalue weighted by Crippen LogP contribution is -2.21. The molecule has 0 bridgehead atoms. The van der Waals surface area contributed by atoms with Gasteiger partial charge in [-0.05, 0) is 20.9 Å². The summed E-state index contributed by atoms with van der Waals surface area (Å²) in [4.78, 5) is 5.86. The van der Waals surface area contributed by atoms with E-state index < -0.39 is 0 Å². The van der Waals surface area contributed by atoms with E-state index in [0.29, 0.717) is 25.9 Å². The molecule has 4 nitrogen and oxygen atoms in total. The van der Waals surface area contributed by atoms with Gasteiger partial charge in [-0.15, -0.1) is 11.3 Å². The molecule has 0 aromatic carbocycles. The van der Waals surface area contributed by atoms with E-state index in [0.717, 1.165) is 10.7 Å². The van der Waals surface area contributed by atoms with Crippen LogP contribution in [0.5, 0.6) is 0 Å². The fourth-order valence-electron chi connectivity index (χ4n) is 1.73. The number of hydrogen-bond acceptors (Lipinski definition) is 5. The van der Waals surface area contributed by atoms with Crippen molar-refractivity contribution in [2.75, 3.05) is 26.9 Å². The van der Waals surface area contributed by atoms with Gasteiger partial charge in [0.25, 0.3) is 0 Å². The Labute approximate surface area is 100.0 Å². The van der Waals surface area contributed by atoms with Crippen LogP contribution in [0, 0.1) is 6.92 Å². The Balaban J connectivity index is 2.16. The van der Waals surface area contributed by atoms with E-state index in [1.165, 1.54) is 4.88 Å². The maximum Gasteiger partial charge on any atom is 0.132 e. The Bertz CT molecular complexity index is 348. The molecular formula is C11H18N2O2S. The fraction of sp³-hybridized carbons (Fsp3) is 0.727. The van der Waals surface area contributed by atoms with Crippen molar-refractivity contribution in [3.8, 4) is 0 Å². The molecule has 1 aromatic rings. The van der Waals surface area contributed by atoms with Gasteiger partial charge in [0, 0.05) is 10.9 Å². The molecule has 0 radical (unpaired) electrons. The standard InChI is InChI=1S/C11H18N2O2S/c1-7(12-3)10-8(2)13-11(16-10)9-6-14-4-5-15-9/h7,9,12H,4-6H2,1-3H3. The number of ether oxygens (including phenoxy) is 2. The number of rotatable bonds is 3. The molecule has 2 atom stereocenters. The van der Waals surface area contributed by atoms with Gasteiger partial charge in [0.2, 0.25) is 0 Å². The number of thiazole rings is 1. The third-order valence-electron chi connectivity index (χ3n) is 2.77. The summed E-state index contributed by atoms with van der Waals surface area (Å²) in [6, 6.07) is 0.343. The van der Waals surface area contributed by atoms with E-state index in [9.17, 15) is 0 Å². The third-order valence-corrected chi connectivity index (χ3v) is 4.20. The van der Waals surface area contributed by atoms with Gasteiger partial charge < -0.3 is 14.8 Å². The van der Waals surface area contributed by atoms with Gasteiger partial charge in [0.15, 0.2) is 0 Å². The first-order valence-corrected chi connectivity index (χ1v) is 6.38. The molecule has 0 amide bonds. The van der Waals surface area contributed by atoms with Crippen LogP contribution in [0.4, 0.5) is 0 Å². The molecule has 0 aliphatic carbocycles. The zero-order valence-electron chi connectivity index (χ0n) is 9.95. The van der Waals surface area contributed by atoms with Crippen LogP contribution < -0.4 is 5.32 Å². The number of aryl methyl sites for hydroxylation is 1. The number of aromatic nitrogens is 1. The predicted molar refractivity (Wildman–Crippen MR) is 63.8 cm³/mol. The number of hydrogen-bond donors (Lipinski definition) is 1. The van der Waals surface area contributed by atoms with Crippen LogP contribution in [-0.4, -0.2) is 31.9 Å². The van der Waals surface area contributed by atoms with Crippen LogP contribution in [0.25, 0.3) is 0 Å². The minimum atomic E-state index is 0.0234. The molecule has 1 saturated heterocycles. The third kappa shape index (κ3) is 2.43. The van der Waals surface area contributed by atoms with Crippen molar-refractivity contribution in [2.24, 2.45) is 0 Å². The first-order valence-electron chi connectivity index (χ1n) is 5.56. The number of nitrogens with zero attached hydrogens (tertiary/aromatic N) is 1. The summed E-state index contributed by atoms with van der Waals surface area (Å²) in [7, 11) is 1.96. The first kappa shape index (κ1) is 12.0. The molecule has 1 aliphatic rings. The molecule has 90 valence electrons. The smallest absolute Gasteiger partial charge is 0.132 e. The average Bonchev–Trinajstić information content (AvgIpc) is 2.71. The van der Waals surface area contributed by atoms with E-state index in [-0.39, 0.29) is 6.10 Å². The van der Waals surface area contributed by atoms with Gasteiger partial charge in [0.05, 0.1) is 25.5 Å². The van der Waals surface area contributed by atoms with Crippen LogP contribution in [0.3, 0.4) is 0 Å². The van der Waals surface area contributed by atoms with Crippen LogP contribution in [0.1, 0.15) is 34.6 Å². The summed E-state index contributed by atoms with van der Waals surface area (Å²) in [5.41, 5.74) is 1.09. The Kier molecular flexibility index (Phi) is 3.91. The zero-order chi connectivity index (χ0) is 11.5. The monoisotopic (exact) mass is 242 g/mol. The van der Waals surface area contributed by atoms with Crippen molar-refractivity contribution in [3.05, 3.63) is 15.6 Å². The summed E-state index contributed by atoms with van der Waals surface area (Å²) >= 11 is 1.72. The van der Waals surface area contributed by atoms with Crippen molar-refractivity contribution in [3.63, 3.8) is 0 Å². The normalized spacial score (nSPS) is 23.3. The lowest BCUT2D eigenvalue weighted by molar-refractivity contribution is -0.0902. The minimum absolute atomic E-state index is 0.0234. The minimum Gasteiger partial charge on any atom is -0.376 e. The van der Waals surface area contributed by atoms with Crippen LogP contribution >= 0.6 is 11.3 Å². The van der Waals surface area contributed by atoms with Crippen molar-refractivity contribution in [1.82, 2.24) is 10.3 Å². The SMILES string of the molecule is CNC(C)c1sc(C2COCCO2)nc1C. The van der Waals surface area contributed by atoms with E-state index in [2.05, 4.69) is 17.2 Å². The van der Waals surface area contributed by atoms with E-state index in [1.54, 1.807) is 11.3 Å². The topological polar surface area (TPSA) is 43.4 Å². The molecule has 0 saturated carbocycles. The quantitative estimate of drug-likeness (QED) is 0.878. The van der Waals surface area contributed by atoms with Gasteiger partial charge in [0.1, 0.15) is 11.1 Å². The zero-order valence-corrected chi connectivity index (χ0v) is 10.8. The van der Waals surface area contributed by atoms with Gasteiger partial charge >= 0.3 is 0 Å². The van der Waals surface area contributed by atoms with Crippen molar-refractivity contribution < 1.29 is 9.47 Å². The van der Waals surface area contributed by atoms with E-state index in [1.807, 2.05) is 14.0 Å². The maximum absolute atomic E-state index is 5.65. The summed E-state index contributed by atoms with van der Waals surface area (Å²) in [6.45, 7) is 6.18. The molecule has 2 heterocycles. The second-order valence-corrected chi connectivity index (χ2v) is 5.01. The highest BCUT2D eigenvalue weighted by Gasteiger charge is 2.22. The summed E-state index contributed by atoms with van der Waals surface area (Å²) in [5.74, 6) is 0. The highest BCUT2D eigenvalue weighted by molar-refractivity contribution is 7.11. The summed E-state index contributed by atoms with van der Waals surface area (Å²) in [5, 5.41) is 4.27. The summed E-state index contributed by atoms with van der Waals surface area (Å²) < 4.78 is 11.0. The molecule has 0 spiro atoms. The Morgan fingerprint density at radius 3 is 2.94 bits per heavy atom. The second kappa shape index (κ2) is 5.23. The summed E-state index contributed by atoms with van der Waals surface area (Å²) in [6.07, 6.45) is 0.0234. The Morgan fingerprint density at radius 1 is 1.50 bits per heavy atom. The van der Waals surface area contributed by atoms with Crippen molar-refractivity contribution in [2.45, 2.75) is 26.0 Å². The molecular weight excluding hydrogens is 224 g/mol. The van der Waals surface area contributed by atoms with Crippen molar-refractivity contribution in [1.29, 1.82) is 0 Å². The van der Waals surface area contributed by atoms with Crippen molar-refractivity contribution >= 4 is 11.3 Å². The van der Waals surface area contributed by atoms with Gasteiger partial charge in [-0.2, -0.15) is 0 Å². The molecule has 16 heavy (non-hydrogen) atoms. The molecule has 1 N–H and O–H groups in total. The Hall–Kier alpha value is -0.490. The molecule has 1 aromatic heterocycles. The molecule has 2 rings (SSSR count). The van der Waals surface area contributed by atoms with Crippen LogP contribution in [0.2, 0.25) is 0 Å². The lowest BCUT2D eigenvalue weighted by atomic mass is 10.2. The fourth-order valence-corrected chi connectivity index (χ4v) is 2.89. The second-order valence-electron chi connectivity index (χ2n) is 3.95. The van der Waals surface area contributed by atoms with Gasteiger partial charge in [-0.3, -0.25) is 0 Å². The largest absolute Gasteiger partial charge is 0.376 e. The average molecular weight is 242 g/mol. The lowest BCUT2D eigenvalue weighted by Gasteiger charge is -2.20.